The van der Waals surface area contributed by atoms with Crippen molar-refractivity contribution in [2.45, 2.75) is 54.9 Å². The van der Waals surface area contributed by atoms with E-state index in [0.717, 1.165) is 10.5 Å². The monoisotopic (exact) mass is 536 g/mol. The first-order chi connectivity index (χ1) is 17.2. The fourth-order valence-electron chi connectivity index (χ4n) is 5.15. The van der Waals surface area contributed by atoms with Gasteiger partial charge < -0.3 is 9.84 Å². The number of halogens is 3. The zero-order valence-corrected chi connectivity index (χ0v) is 21.2. The molecule has 2 aliphatic heterocycles. The Morgan fingerprint density at radius 3 is 2.35 bits per heavy atom. The molecular formula is C26H27F3N2O5S. The molecule has 2 heterocycles. The number of alkyl halides is 3. The normalized spacial score (nSPS) is 26.0. The Bertz CT molecular complexity index is 1200. The van der Waals surface area contributed by atoms with Crippen LogP contribution in [0.15, 0.2) is 59.5 Å². The van der Waals surface area contributed by atoms with E-state index in [0.29, 0.717) is 0 Å². The van der Waals surface area contributed by atoms with Gasteiger partial charge in [-0.3, -0.25) is 24.6 Å². The SMILES string of the molecule is CC(C)(C)N1C(=O)C2C(c3cccc(SC(F)(F)F)c3)NC(COCc3ccccc3)(C(=O)O)C2C1=O. The van der Waals surface area contributed by atoms with Gasteiger partial charge in [0.15, 0.2) is 5.54 Å². The van der Waals surface area contributed by atoms with E-state index in [1.54, 1.807) is 45.0 Å². The standard InChI is InChI=1S/C26H27F3N2O5S/c1-24(2,3)31-21(32)18-19(22(31)33)25(23(34)35,14-36-13-15-8-5-4-6-9-15)30-20(18)16-10-7-11-17(12-16)37-26(27,28)29/h4-12,18-20,30H,13-14H2,1-3H3,(H,34,35). The first kappa shape index (κ1) is 27.2. The molecule has 37 heavy (non-hydrogen) atoms. The van der Waals surface area contributed by atoms with Gasteiger partial charge in [-0.2, -0.15) is 13.2 Å². The van der Waals surface area contributed by atoms with Gasteiger partial charge in [0, 0.05) is 16.5 Å². The van der Waals surface area contributed by atoms with Crippen molar-refractivity contribution in [3.05, 3.63) is 65.7 Å². The van der Waals surface area contributed by atoms with Crippen molar-refractivity contribution in [2.24, 2.45) is 11.8 Å². The highest BCUT2D eigenvalue weighted by molar-refractivity contribution is 8.00. The number of ether oxygens (including phenoxy) is 1. The number of carbonyl (C=O) groups is 3. The number of nitrogens with zero attached hydrogens (tertiary/aromatic N) is 1. The Hall–Kier alpha value is -2.89. The van der Waals surface area contributed by atoms with Crippen LogP contribution in [0.4, 0.5) is 13.2 Å². The van der Waals surface area contributed by atoms with Gasteiger partial charge in [-0.15, -0.1) is 0 Å². The lowest BCUT2D eigenvalue weighted by Crippen LogP contribution is -2.60. The van der Waals surface area contributed by atoms with Crippen LogP contribution in [-0.2, 0) is 25.7 Å². The van der Waals surface area contributed by atoms with Crippen LogP contribution >= 0.6 is 11.8 Å². The number of fused-ring (bicyclic) bond motifs is 1. The van der Waals surface area contributed by atoms with E-state index in [1.807, 2.05) is 6.07 Å². The molecule has 0 spiro atoms. The number of hydrogen-bond donors (Lipinski definition) is 2. The number of rotatable bonds is 7. The predicted molar refractivity (Wildman–Crippen MR) is 129 cm³/mol. The molecule has 0 saturated carbocycles. The third kappa shape index (κ3) is 5.25. The van der Waals surface area contributed by atoms with Crippen LogP contribution < -0.4 is 5.32 Å². The number of carboxylic acid groups (broad SMARTS) is 1. The van der Waals surface area contributed by atoms with E-state index < -0.39 is 58.9 Å². The third-order valence-corrected chi connectivity index (χ3v) is 7.32. The molecule has 0 aliphatic carbocycles. The second-order valence-electron chi connectivity index (χ2n) is 10.2. The van der Waals surface area contributed by atoms with Crippen molar-refractivity contribution in [1.29, 1.82) is 0 Å². The topological polar surface area (TPSA) is 95.9 Å². The van der Waals surface area contributed by atoms with Crippen molar-refractivity contribution in [1.82, 2.24) is 10.2 Å². The minimum absolute atomic E-state index is 0.0719. The van der Waals surface area contributed by atoms with Crippen molar-refractivity contribution in [3.63, 3.8) is 0 Å². The minimum Gasteiger partial charge on any atom is -0.480 e. The molecule has 2 amide bonds. The fourth-order valence-corrected chi connectivity index (χ4v) is 5.76. The van der Waals surface area contributed by atoms with Crippen molar-refractivity contribution < 1.29 is 37.4 Å². The van der Waals surface area contributed by atoms with Crippen molar-refractivity contribution >= 4 is 29.5 Å². The molecule has 4 rings (SSSR count). The second-order valence-corrected chi connectivity index (χ2v) is 11.3. The Morgan fingerprint density at radius 2 is 1.76 bits per heavy atom. The average Bonchev–Trinajstić information content (AvgIpc) is 3.28. The van der Waals surface area contributed by atoms with Gasteiger partial charge in [-0.25, -0.2) is 0 Å². The molecular weight excluding hydrogens is 509 g/mol. The Kier molecular flexibility index (Phi) is 7.17. The third-order valence-electron chi connectivity index (χ3n) is 6.60. The number of carboxylic acids is 1. The largest absolute Gasteiger partial charge is 0.480 e. The molecule has 4 atom stereocenters. The number of amides is 2. The maximum atomic E-state index is 13.6. The van der Waals surface area contributed by atoms with E-state index in [2.05, 4.69) is 5.32 Å². The van der Waals surface area contributed by atoms with Gasteiger partial charge in [0.2, 0.25) is 11.8 Å². The summed E-state index contributed by atoms with van der Waals surface area (Å²) in [6.45, 7) is 4.65. The molecule has 2 saturated heterocycles. The molecule has 2 aliphatic rings. The number of aliphatic carboxylic acids is 1. The Balaban J connectivity index is 1.74. The first-order valence-electron chi connectivity index (χ1n) is 11.6. The second kappa shape index (κ2) is 9.77. The number of likely N-dealkylation sites (tertiary alicyclic amines) is 1. The summed E-state index contributed by atoms with van der Waals surface area (Å²) in [6, 6.07) is 13.5. The van der Waals surface area contributed by atoms with Gasteiger partial charge in [0.05, 0.1) is 25.0 Å². The summed E-state index contributed by atoms with van der Waals surface area (Å²) >= 11 is -0.308. The highest BCUT2D eigenvalue weighted by Gasteiger charge is 2.69. The summed E-state index contributed by atoms with van der Waals surface area (Å²) in [5.74, 6) is -5.04. The molecule has 2 fully saturated rings. The molecule has 0 aromatic heterocycles. The summed E-state index contributed by atoms with van der Waals surface area (Å²) in [5.41, 5.74) is -6.35. The lowest BCUT2D eigenvalue weighted by atomic mass is 9.79. The molecule has 0 bridgehead atoms. The van der Waals surface area contributed by atoms with Crippen LogP contribution in [-0.4, -0.2) is 51.0 Å². The molecule has 2 aromatic carbocycles. The molecule has 198 valence electrons. The Morgan fingerprint density at radius 1 is 1.08 bits per heavy atom. The van der Waals surface area contributed by atoms with E-state index in [1.165, 1.54) is 24.3 Å². The van der Waals surface area contributed by atoms with Gasteiger partial charge >= 0.3 is 11.5 Å². The number of benzene rings is 2. The maximum Gasteiger partial charge on any atom is 0.446 e. The Labute approximate surface area is 216 Å². The van der Waals surface area contributed by atoms with E-state index in [4.69, 9.17) is 4.74 Å². The van der Waals surface area contributed by atoms with E-state index in [-0.39, 0.29) is 28.8 Å². The minimum atomic E-state index is -4.53. The number of thioether (sulfide) groups is 1. The maximum absolute atomic E-state index is 13.6. The average molecular weight is 537 g/mol. The molecule has 0 radical (unpaired) electrons. The zero-order chi connectivity index (χ0) is 27.2. The smallest absolute Gasteiger partial charge is 0.446 e. The molecule has 2 N–H and O–H groups in total. The lowest BCUT2D eigenvalue weighted by molar-refractivity contribution is -0.156. The number of nitrogens with one attached hydrogen (secondary N) is 1. The first-order valence-corrected chi connectivity index (χ1v) is 12.4. The summed E-state index contributed by atoms with van der Waals surface area (Å²) in [6.07, 6.45) is 0. The van der Waals surface area contributed by atoms with Gasteiger partial charge in [-0.1, -0.05) is 42.5 Å². The van der Waals surface area contributed by atoms with Crippen LogP contribution in [0.1, 0.15) is 37.9 Å². The van der Waals surface area contributed by atoms with Gasteiger partial charge in [-0.05, 0) is 55.8 Å². The van der Waals surface area contributed by atoms with Crippen LogP contribution in [0.3, 0.4) is 0 Å². The summed E-state index contributed by atoms with van der Waals surface area (Å²) < 4.78 is 44.8. The highest BCUT2D eigenvalue weighted by Crippen LogP contribution is 2.51. The number of imide groups is 1. The van der Waals surface area contributed by atoms with Crippen LogP contribution in [0, 0.1) is 11.8 Å². The van der Waals surface area contributed by atoms with Crippen LogP contribution in [0.5, 0.6) is 0 Å². The lowest BCUT2D eigenvalue weighted by Gasteiger charge is -2.35. The van der Waals surface area contributed by atoms with Crippen LogP contribution in [0.2, 0.25) is 0 Å². The number of carbonyl (C=O) groups excluding carboxylic acids is 2. The predicted octanol–water partition coefficient (Wildman–Crippen LogP) is 4.38. The molecule has 4 unspecified atom stereocenters. The number of hydrogen-bond acceptors (Lipinski definition) is 6. The van der Waals surface area contributed by atoms with Crippen LogP contribution in [0.25, 0.3) is 0 Å². The van der Waals surface area contributed by atoms with E-state index >= 15 is 0 Å². The fraction of sp³-hybridized carbons (Fsp3) is 0.423. The summed E-state index contributed by atoms with van der Waals surface area (Å²) in [7, 11) is 0. The van der Waals surface area contributed by atoms with Gasteiger partial charge in [0.25, 0.3) is 0 Å². The molecule has 11 heteroatoms. The van der Waals surface area contributed by atoms with Crippen molar-refractivity contribution in [2.75, 3.05) is 6.61 Å². The molecule has 2 aromatic rings. The molecule has 7 nitrogen and oxygen atoms in total. The highest BCUT2D eigenvalue weighted by atomic mass is 32.2. The van der Waals surface area contributed by atoms with Gasteiger partial charge in [0.1, 0.15) is 0 Å². The van der Waals surface area contributed by atoms with E-state index in [9.17, 15) is 32.7 Å². The summed E-state index contributed by atoms with van der Waals surface area (Å²) in [4.78, 5) is 40.9. The van der Waals surface area contributed by atoms with Crippen molar-refractivity contribution in [3.8, 4) is 0 Å². The quantitative estimate of drug-likeness (QED) is 0.401. The summed E-state index contributed by atoms with van der Waals surface area (Å²) in [5, 5.41) is 13.3. The zero-order valence-electron chi connectivity index (χ0n) is 20.4.